The number of thiol groups is 5. The number of hydrogen-bond donors (Lipinski definition) is 15. The second-order valence-electron chi connectivity index (χ2n) is 7.65. The predicted molar refractivity (Wildman–Crippen MR) is 201 cm³/mol. The quantitative estimate of drug-likeness (QED) is 0.0615. The molecule has 0 bridgehead atoms. The standard InChI is InChI=1S/5C4H6O4S2.2V/c5*5-3(6)1-2(10-9)4(7)8;;/h5*2,9H,1H2,(H,5,6)(H,7,8);;. The molecule has 20 nitrogen and oxygen atoms in total. The Morgan fingerprint density at radius 1 is 0.308 bits per heavy atom. The van der Waals surface area contributed by atoms with Crippen LogP contribution in [-0.4, -0.2) is 137 Å². The Morgan fingerprint density at radius 2 is 0.404 bits per heavy atom. The van der Waals surface area contributed by atoms with Crippen molar-refractivity contribution in [2.24, 2.45) is 0 Å². The molecule has 2 radical (unpaired) electrons. The molecular weight excluding hydrogens is 983 g/mol. The Bertz CT molecular complexity index is 941. The van der Waals surface area contributed by atoms with Gasteiger partial charge in [-0.15, -0.1) is 58.3 Å². The summed E-state index contributed by atoms with van der Waals surface area (Å²) in [6.07, 6.45) is -2.00. The van der Waals surface area contributed by atoms with E-state index in [0.717, 1.165) is 54.0 Å². The molecule has 0 amide bonds. The number of carboxylic acids is 10. The molecule has 0 spiro atoms. The average Bonchev–Trinajstić information content (AvgIpc) is 2.98. The topological polar surface area (TPSA) is 373 Å². The molecule has 0 aromatic heterocycles. The summed E-state index contributed by atoms with van der Waals surface area (Å²) >= 11 is 18.0. The summed E-state index contributed by atoms with van der Waals surface area (Å²) in [5, 5.41) is 77.4. The summed E-state index contributed by atoms with van der Waals surface area (Å²) in [5.41, 5.74) is 0. The van der Waals surface area contributed by atoms with Gasteiger partial charge in [-0.3, -0.25) is 47.9 Å². The molecule has 300 valence electrons. The molecule has 0 aromatic rings. The maximum absolute atomic E-state index is 10.1. The van der Waals surface area contributed by atoms with Crippen LogP contribution in [0.1, 0.15) is 32.1 Å². The van der Waals surface area contributed by atoms with Gasteiger partial charge in [0.25, 0.3) is 0 Å². The van der Waals surface area contributed by atoms with E-state index in [1.54, 1.807) is 0 Å². The molecule has 10 N–H and O–H groups in total. The molecule has 0 saturated carbocycles. The zero-order valence-corrected chi connectivity index (χ0v) is 36.5. The van der Waals surface area contributed by atoms with Crippen molar-refractivity contribution in [3.05, 3.63) is 0 Å². The van der Waals surface area contributed by atoms with E-state index >= 15 is 0 Å². The van der Waals surface area contributed by atoms with Gasteiger partial charge in [-0.1, -0.05) is 54.0 Å². The van der Waals surface area contributed by atoms with Gasteiger partial charge in [-0.25, -0.2) is 0 Å². The van der Waals surface area contributed by atoms with E-state index in [9.17, 15) is 47.9 Å². The Morgan fingerprint density at radius 3 is 0.423 bits per heavy atom. The first-order chi connectivity index (χ1) is 22.9. The zero-order valence-electron chi connectivity index (χ0n) is 25.1. The number of aliphatic carboxylic acids is 10. The van der Waals surface area contributed by atoms with E-state index in [4.69, 9.17) is 51.1 Å². The predicted octanol–water partition coefficient (Wildman–Crippen LogP) is 2.46. The van der Waals surface area contributed by atoms with Gasteiger partial charge in [0, 0.05) is 37.1 Å². The van der Waals surface area contributed by atoms with E-state index in [0.29, 0.717) is 0 Å². The first-order valence-electron chi connectivity index (χ1n) is 11.6. The molecule has 0 fully saturated rings. The van der Waals surface area contributed by atoms with Gasteiger partial charge >= 0.3 is 59.7 Å². The van der Waals surface area contributed by atoms with Crippen molar-refractivity contribution in [3.8, 4) is 0 Å². The Balaban J connectivity index is -0.0000000964. The van der Waals surface area contributed by atoms with Crippen LogP contribution in [0.5, 0.6) is 0 Å². The molecule has 0 aliphatic heterocycles. The van der Waals surface area contributed by atoms with Gasteiger partial charge in [0.1, 0.15) is 26.2 Å². The van der Waals surface area contributed by atoms with Gasteiger partial charge in [0.15, 0.2) is 0 Å². The maximum Gasteiger partial charge on any atom is 0.318 e. The normalized spacial score (nSPS) is 12.0. The van der Waals surface area contributed by atoms with Crippen molar-refractivity contribution in [2.45, 2.75) is 58.4 Å². The van der Waals surface area contributed by atoms with E-state index in [-0.39, 0.29) is 37.1 Å². The molecule has 0 aliphatic carbocycles. The Hall–Kier alpha value is -0.631. The SMILES string of the molecule is O=C(O)CC(SS)C(=O)O.O=C(O)CC(SS)C(=O)O.O=C(O)CC(SS)C(=O)O.O=C(O)CC(SS)C(=O)O.O=C(O)CC(SS)C(=O)O.[V].[V]. The van der Waals surface area contributed by atoms with Crippen LogP contribution in [-0.2, 0) is 85.1 Å². The zero-order chi connectivity index (χ0) is 40.7. The summed E-state index contributed by atoms with van der Waals surface area (Å²) in [4.78, 5) is 100. The minimum Gasteiger partial charge on any atom is -0.481 e. The summed E-state index contributed by atoms with van der Waals surface area (Å²) in [6.45, 7) is 0. The van der Waals surface area contributed by atoms with Gasteiger partial charge < -0.3 is 51.1 Å². The van der Waals surface area contributed by atoms with Crippen molar-refractivity contribution < 1.29 is 136 Å². The third-order valence-electron chi connectivity index (χ3n) is 3.81. The van der Waals surface area contributed by atoms with Crippen LogP contribution >= 0.6 is 112 Å². The van der Waals surface area contributed by atoms with Crippen LogP contribution in [0.2, 0.25) is 0 Å². The fourth-order valence-corrected chi connectivity index (χ4v) is 5.65. The molecule has 0 saturated heterocycles. The van der Waals surface area contributed by atoms with Crippen molar-refractivity contribution >= 4 is 172 Å². The van der Waals surface area contributed by atoms with Crippen LogP contribution in [0.4, 0.5) is 0 Å². The van der Waals surface area contributed by atoms with Gasteiger partial charge in [0.2, 0.25) is 0 Å². The van der Waals surface area contributed by atoms with E-state index in [1.165, 1.54) is 0 Å². The first-order valence-corrected chi connectivity index (χ1v) is 21.3. The van der Waals surface area contributed by atoms with Crippen molar-refractivity contribution in [1.82, 2.24) is 0 Å². The number of carbonyl (C=O) groups is 10. The van der Waals surface area contributed by atoms with E-state index in [2.05, 4.69) is 58.3 Å². The fourth-order valence-electron chi connectivity index (χ4n) is 1.64. The van der Waals surface area contributed by atoms with Gasteiger partial charge in [-0.05, 0) is 0 Å². The van der Waals surface area contributed by atoms with Gasteiger partial charge in [-0.2, -0.15) is 0 Å². The molecule has 0 aromatic carbocycles. The molecule has 5 unspecified atom stereocenters. The monoisotopic (exact) mass is 1010 g/mol. The van der Waals surface area contributed by atoms with Crippen molar-refractivity contribution in [1.29, 1.82) is 0 Å². The second-order valence-corrected chi connectivity index (χ2v) is 14.7. The molecule has 0 heterocycles. The Labute approximate surface area is 363 Å². The van der Waals surface area contributed by atoms with Crippen LogP contribution < -0.4 is 0 Å². The average molecular weight is 1010 g/mol. The van der Waals surface area contributed by atoms with Crippen LogP contribution in [0, 0.1) is 0 Å². The first kappa shape index (κ1) is 66.2. The molecule has 0 aliphatic rings. The molecule has 32 heteroatoms. The second kappa shape index (κ2) is 41.5. The smallest absolute Gasteiger partial charge is 0.318 e. The third kappa shape index (κ3) is 47.4. The largest absolute Gasteiger partial charge is 0.481 e. The number of carboxylic acid groups (broad SMARTS) is 10. The summed E-state index contributed by atoms with van der Waals surface area (Å²) < 4.78 is 0. The minimum atomic E-state index is -1.15. The van der Waals surface area contributed by atoms with Crippen LogP contribution in [0.15, 0.2) is 0 Å². The van der Waals surface area contributed by atoms with Gasteiger partial charge in [0.05, 0.1) is 32.1 Å². The Kier molecular flexibility index (Phi) is 52.9. The van der Waals surface area contributed by atoms with Crippen molar-refractivity contribution in [3.63, 3.8) is 0 Å². The van der Waals surface area contributed by atoms with Crippen molar-refractivity contribution in [2.75, 3.05) is 0 Å². The summed E-state index contributed by atoms with van der Waals surface area (Å²) in [5.74, 6) is -11.4. The number of hydrogen-bond acceptors (Lipinski definition) is 20. The molecule has 52 heavy (non-hydrogen) atoms. The minimum absolute atomic E-state index is 0. The maximum atomic E-state index is 10.1. The van der Waals surface area contributed by atoms with Crippen LogP contribution in [0.3, 0.4) is 0 Å². The summed E-state index contributed by atoms with van der Waals surface area (Å²) in [7, 11) is 3.60. The fraction of sp³-hybridized carbons (Fsp3) is 0.500. The van der Waals surface area contributed by atoms with E-state index in [1.807, 2.05) is 0 Å². The molecule has 0 rings (SSSR count). The molecule has 5 atom stereocenters. The summed E-state index contributed by atoms with van der Waals surface area (Å²) in [6, 6.07) is 0. The number of rotatable bonds is 20. The molecular formula is C20H30O20S10V2. The van der Waals surface area contributed by atoms with Crippen LogP contribution in [0.25, 0.3) is 0 Å². The third-order valence-corrected chi connectivity index (χ3v) is 10.7. The van der Waals surface area contributed by atoms with E-state index < -0.39 is 118 Å².